The van der Waals surface area contributed by atoms with E-state index >= 15 is 0 Å². The molecule has 8 heteroatoms. The normalized spacial score (nSPS) is 11.2. The molecular formula is C22H25NO7. The molecule has 2 aromatic rings. The maximum Gasteiger partial charge on any atom is 0.344 e. The van der Waals surface area contributed by atoms with E-state index in [1.165, 1.54) is 33.1 Å². The summed E-state index contributed by atoms with van der Waals surface area (Å²) in [6.45, 7) is 4.91. The Balaban J connectivity index is 1.86. The van der Waals surface area contributed by atoms with Crippen molar-refractivity contribution in [3.05, 3.63) is 48.0 Å². The number of carbonyl (C=O) groups excluding carboxylic acids is 3. The van der Waals surface area contributed by atoms with Gasteiger partial charge in [0.1, 0.15) is 5.75 Å². The van der Waals surface area contributed by atoms with Crippen LogP contribution in [0.25, 0.3) is 0 Å². The highest BCUT2D eigenvalue weighted by Gasteiger charge is 2.19. The third-order valence-electron chi connectivity index (χ3n) is 4.03. The van der Waals surface area contributed by atoms with Crippen LogP contribution in [0.5, 0.6) is 17.2 Å². The van der Waals surface area contributed by atoms with E-state index in [1.807, 2.05) is 6.92 Å². The van der Waals surface area contributed by atoms with Crippen LogP contribution in [0.1, 0.15) is 31.1 Å². The topological polar surface area (TPSA) is 100 Å². The number of amides is 1. The van der Waals surface area contributed by atoms with E-state index in [-0.39, 0.29) is 11.5 Å². The number of nitrogens with one attached hydrogen (secondary N) is 1. The number of ketones is 1. The Morgan fingerprint density at radius 2 is 1.70 bits per heavy atom. The van der Waals surface area contributed by atoms with E-state index in [0.29, 0.717) is 29.4 Å². The van der Waals surface area contributed by atoms with Gasteiger partial charge in [-0.2, -0.15) is 0 Å². The van der Waals surface area contributed by atoms with Gasteiger partial charge in [-0.3, -0.25) is 9.59 Å². The van der Waals surface area contributed by atoms with Gasteiger partial charge in [0.15, 0.2) is 30.0 Å². The van der Waals surface area contributed by atoms with Crippen LogP contribution in [0.15, 0.2) is 42.5 Å². The smallest absolute Gasteiger partial charge is 0.344 e. The van der Waals surface area contributed by atoms with Gasteiger partial charge in [0, 0.05) is 11.3 Å². The van der Waals surface area contributed by atoms with Gasteiger partial charge in [-0.15, -0.1) is 0 Å². The van der Waals surface area contributed by atoms with Crippen molar-refractivity contribution >= 4 is 23.3 Å². The van der Waals surface area contributed by atoms with Crippen LogP contribution in [-0.2, 0) is 14.3 Å². The van der Waals surface area contributed by atoms with Crippen molar-refractivity contribution in [1.82, 2.24) is 0 Å². The number of anilines is 1. The summed E-state index contributed by atoms with van der Waals surface area (Å²) in [5, 5.41) is 2.66. The van der Waals surface area contributed by atoms with Crippen molar-refractivity contribution < 1.29 is 33.3 Å². The van der Waals surface area contributed by atoms with Gasteiger partial charge in [-0.25, -0.2) is 4.79 Å². The van der Waals surface area contributed by atoms with Crippen molar-refractivity contribution in [2.45, 2.75) is 26.9 Å². The average Bonchev–Trinajstić information content (AvgIpc) is 2.73. The minimum Gasteiger partial charge on any atom is -0.494 e. The zero-order valence-electron chi connectivity index (χ0n) is 17.4. The van der Waals surface area contributed by atoms with E-state index in [1.54, 1.807) is 30.3 Å². The summed E-state index contributed by atoms with van der Waals surface area (Å²) >= 11 is 0. The van der Waals surface area contributed by atoms with E-state index in [0.717, 1.165) is 0 Å². The van der Waals surface area contributed by atoms with Crippen LogP contribution in [0.3, 0.4) is 0 Å². The van der Waals surface area contributed by atoms with Crippen molar-refractivity contribution in [3.63, 3.8) is 0 Å². The lowest BCUT2D eigenvalue weighted by atomic mass is 10.1. The molecule has 2 aromatic carbocycles. The molecule has 0 radical (unpaired) electrons. The van der Waals surface area contributed by atoms with Crippen LogP contribution < -0.4 is 19.5 Å². The Morgan fingerprint density at radius 1 is 1.00 bits per heavy atom. The molecule has 1 atom stereocenters. The third kappa shape index (κ3) is 6.51. The van der Waals surface area contributed by atoms with Crippen LogP contribution in [0, 0.1) is 0 Å². The lowest BCUT2D eigenvalue weighted by molar-refractivity contribution is -0.155. The minimum absolute atomic E-state index is 0.119. The molecule has 0 spiro atoms. The standard InChI is InChI=1S/C22H25NO7/c1-5-28-18-9-7-17(8-10-18)23-22(26)15(3)30-21(25)13-29-19-11-6-16(14(2)24)12-20(19)27-4/h6-12,15H,5,13H2,1-4H3,(H,23,26)/t15-/m0/s1. The number of hydrogen-bond acceptors (Lipinski definition) is 7. The molecule has 0 aliphatic carbocycles. The summed E-state index contributed by atoms with van der Waals surface area (Å²) in [5.41, 5.74) is 1.01. The van der Waals surface area contributed by atoms with Gasteiger partial charge in [0.05, 0.1) is 13.7 Å². The van der Waals surface area contributed by atoms with E-state index in [4.69, 9.17) is 18.9 Å². The van der Waals surface area contributed by atoms with Gasteiger partial charge < -0.3 is 24.3 Å². The first-order valence-electron chi connectivity index (χ1n) is 9.39. The Hall–Kier alpha value is -3.55. The lowest BCUT2D eigenvalue weighted by Gasteiger charge is -2.15. The Labute approximate surface area is 175 Å². The number of methoxy groups -OCH3 is 1. The van der Waals surface area contributed by atoms with Crippen LogP contribution >= 0.6 is 0 Å². The molecule has 0 aliphatic rings. The van der Waals surface area contributed by atoms with Gasteiger partial charge in [-0.1, -0.05) is 0 Å². The molecule has 0 aromatic heterocycles. The number of esters is 1. The summed E-state index contributed by atoms with van der Waals surface area (Å²) in [5.74, 6) is -0.0220. The molecule has 0 fully saturated rings. The minimum atomic E-state index is -1.02. The van der Waals surface area contributed by atoms with E-state index in [2.05, 4.69) is 5.32 Å². The predicted molar refractivity (Wildman–Crippen MR) is 110 cm³/mol. The Kier molecular flexibility index (Phi) is 8.22. The largest absolute Gasteiger partial charge is 0.494 e. The summed E-state index contributed by atoms with van der Waals surface area (Å²) in [4.78, 5) is 35.7. The molecule has 30 heavy (non-hydrogen) atoms. The molecule has 0 bridgehead atoms. The van der Waals surface area contributed by atoms with Crippen molar-refractivity contribution in [1.29, 1.82) is 0 Å². The molecule has 1 N–H and O–H groups in total. The summed E-state index contributed by atoms with van der Waals surface area (Å²) in [6, 6.07) is 11.5. The van der Waals surface area contributed by atoms with Crippen LogP contribution in [0.4, 0.5) is 5.69 Å². The fourth-order valence-electron chi connectivity index (χ4n) is 2.47. The fourth-order valence-corrected chi connectivity index (χ4v) is 2.47. The highest BCUT2D eigenvalue weighted by Crippen LogP contribution is 2.28. The summed E-state index contributed by atoms with van der Waals surface area (Å²) in [7, 11) is 1.43. The molecular weight excluding hydrogens is 390 g/mol. The zero-order valence-corrected chi connectivity index (χ0v) is 17.4. The maximum atomic E-state index is 12.2. The summed E-state index contributed by atoms with van der Waals surface area (Å²) in [6.07, 6.45) is -1.02. The number of hydrogen-bond donors (Lipinski definition) is 1. The Morgan fingerprint density at radius 3 is 2.30 bits per heavy atom. The first-order chi connectivity index (χ1) is 14.3. The Bertz CT molecular complexity index is 893. The molecule has 0 aliphatic heterocycles. The first kappa shape index (κ1) is 22.7. The van der Waals surface area contributed by atoms with Gasteiger partial charge >= 0.3 is 5.97 Å². The molecule has 160 valence electrons. The second kappa shape index (κ2) is 10.8. The number of rotatable bonds is 10. The fraction of sp³-hybridized carbons (Fsp3) is 0.318. The predicted octanol–water partition coefficient (Wildman–Crippen LogP) is 3.25. The molecule has 0 saturated heterocycles. The summed E-state index contributed by atoms with van der Waals surface area (Å²) < 4.78 is 21.0. The second-order valence-electron chi connectivity index (χ2n) is 6.29. The zero-order chi connectivity index (χ0) is 22.1. The highest BCUT2D eigenvalue weighted by atomic mass is 16.6. The van der Waals surface area contributed by atoms with Crippen molar-refractivity contribution in [2.75, 3.05) is 25.6 Å². The quantitative estimate of drug-likeness (QED) is 0.470. The molecule has 0 saturated carbocycles. The van der Waals surface area contributed by atoms with Gasteiger partial charge in [0.25, 0.3) is 5.91 Å². The number of carbonyl (C=O) groups is 3. The number of benzene rings is 2. The monoisotopic (exact) mass is 415 g/mol. The van der Waals surface area contributed by atoms with E-state index in [9.17, 15) is 14.4 Å². The lowest BCUT2D eigenvalue weighted by Crippen LogP contribution is -2.31. The second-order valence-corrected chi connectivity index (χ2v) is 6.29. The molecule has 1 amide bonds. The van der Waals surface area contributed by atoms with Crippen molar-refractivity contribution in [2.24, 2.45) is 0 Å². The van der Waals surface area contributed by atoms with Gasteiger partial charge in [-0.05, 0) is 63.2 Å². The maximum absolute atomic E-state index is 12.2. The van der Waals surface area contributed by atoms with Crippen molar-refractivity contribution in [3.8, 4) is 17.2 Å². The highest BCUT2D eigenvalue weighted by molar-refractivity contribution is 5.95. The SMILES string of the molecule is CCOc1ccc(NC(=O)[C@H](C)OC(=O)COc2ccc(C(C)=O)cc2OC)cc1. The third-order valence-corrected chi connectivity index (χ3v) is 4.03. The molecule has 0 unspecified atom stereocenters. The molecule has 0 heterocycles. The number of ether oxygens (including phenoxy) is 4. The van der Waals surface area contributed by atoms with Gasteiger partial charge in [0.2, 0.25) is 0 Å². The van der Waals surface area contributed by atoms with E-state index < -0.39 is 24.6 Å². The molecule has 8 nitrogen and oxygen atoms in total. The molecule has 2 rings (SSSR count). The average molecular weight is 415 g/mol. The van der Waals surface area contributed by atoms with Crippen LogP contribution in [0.2, 0.25) is 0 Å². The first-order valence-corrected chi connectivity index (χ1v) is 9.39. The number of Topliss-reactive ketones (excluding diaryl/α,β-unsaturated/α-hetero) is 1. The van der Waals surface area contributed by atoms with Crippen LogP contribution in [-0.4, -0.2) is 44.1 Å².